The van der Waals surface area contributed by atoms with Crippen LogP contribution in [0.1, 0.15) is 12.8 Å². The summed E-state index contributed by atoms with van der Waals surface area (Å²) in [5.41, 5.74) is 5.18. The minimum absolute atomic E-state index is 0.218. The van der Waals surface area contributed by atoms with Crippen LogP contribution < -0.4 is 10.9 Å². The number of nitrogens with two attached hydrogens (primary N) is 1. The molecule has 106 valence electrons. The molecular formula is C14H25NO2Si2. The average Bonchev–Trinajstić information content (AvgIpc) is 2.28. The van der Waals surface area contributed by atoms with Gasteiger partial charge < -0.3 is 9.85 Å². The van der Waals surface area contributed by atoms with Crippen LogP contribution in [0.2, 0.25) is 32.2 Å². The number of carbonyl (C=O) groups excluding carboxylic acids is 1. The summed E-state index contributed by atoms with van der Waals surface area (Å²) in [5, 5.41) is 1.32. The molecule has 0 aliphatic rings. The van der Waals surface area contributed by atoms with Gasteiger partial charge in [-0.15, -0.1) is 0 Å². The van der Waals surface area contributed by atoms with Gasteiger partial charge in [0, 0.05) is 6.42 Å². The number of carbonyl (C=O) groups is 1. The van der Waals surface area contributed by atoms with Crippen molar-refractivity contribution < 1.29 is 8.91 Å². The predicted octanol–water partition coefficient (Wildman–Crippen LogP) is 2.59. The molecule has 0 aromatic heterocycles. The first-order chi connectivity index (χ1) is 8.73. The highest BCUT2D eigenvalue weighted by Crippen LogP contribution is 2.20. The van der Waals surface area contributed by atoms with Crippen LogP contribution in [0, 0.1) is 0 Å². The van der Waals surface area contributed by atoms with Gasteiger partial charge in [-0.3, -0.25) is 4.79 Å². The summed E-state index contributed by atoms with van der Waals surface area (Å²) in [6.45, 7) is 8.94. The lowest BCUT2D eigenvalue weighted by Crippen LogP contribution is -2.52. The first-order valence-electron chi connectivity index (χ1n) is 6.77. The number of rotatable bonds is 7. The van der Waals surface area contributed by atoms with Crippen LogP contribution in [0.3, 0.4) is 0 Å². The first kappa shape index (κ1) is 16.1. The van der Waals surface area contributed by atoms with Crippen LogP contribution in [0.4, 0.5) is 0 Å². The van der Waals surface area contributed by atoms with Gasteiger partial charge in [-0.1, -0.05) is 30.3 Å². The van der Waals surface area contributed by atoms with E-state index in [2.05, 4.69) is 50.5 Å². The molecule has 0 unspecified atom stereocenters. The zero-order valence-electron chi connectivity index (χ0n) is 12.4. The Labute approximate surface area is 118 Å². The van der Waals surface area contributed by atoms with Gasteiger partial charge in [0.25, 0.3) is 0 Å². The van der Waals surface area contributed by atoms with Gasteiger partial charge in [0.05, 0.1) is 0 Å². The Bertz CT molecular complexity index is 419. The van der Waals surface area contributed by atoms with E-state index in [0.29, 0.717) is 6.42 Å². The maximum atomic E-state index is 10.8. The molecule has 0 radical (unpaired) electrons. The third-order valence-corrected chi connectivity index (χ3v) is 10.7. The van der Waals surface area contributed by atoms with Crippen LogP contribution in [-0.4, -0.2) is 22.5 Å². The minimum atomic E-state index is -1.85. The van der Waals surface area contributed by atoms with Crippen molar-refractivity contribution in [2.24, 2.45) is 5.73 Å². The highest BCUT2D eigenvalue weighted by atomic mass is 28.4. The largest absolute Gasteiger partial charge is 0.452 e. The maximum absolute atomic E-state index is 10.8. The van der Waals surface area contributed by atoms with E-state index in [1.807, 2.05) is 6.07 Å². The molecule has 1 amide bonds. The lowest BCUT2D eigenvalue weighted by Gasteiger charge is -2.34. The zero-order valence-corrected chi connectivity index (χ0v) is 14.4. The van der Waals surface area contributed by atoms with Gasteiger partial charge in [0.2, 0.25) is 14.2 Å². The zero-order chi connectivity index (χ0) is 14.5. The molecular weight excluding hydrogens is 270 g/mol. The van der Waals surface area contributed by atoms with Crippen LogP contribution >= 0.6 is 0 Å². The van der Waals surface area contributed by atoms with E-state index in [9.17, 15) is 4.79 Å². The van der Waals surface area contributed by atoms with Gasteiger partial charge in [-0.2, -0.15) is 0 Å². The molecule has 0 atom stereocenters. The summed E-state index contributed by atoms with van der Waals surface area (Å²) in [7, 11) is -3.58. The molecule has 0 spiro atoms. The summed E-state index contributed by atoms with van der Waals surface area (Å²) in [4.78, 5) is 10.8. The Morgan fingerprint density at radius 3 is 2.26 bits per heavy atom. The molecule has 1 aromatic rings. The van der Waals surface area contributed by atoms with E-state index < -0.39 is 16.6 Å². The molecule has 1 rings (SSSR count). The van der Waals surface area contributed by atoms with E-state index in [4.69, 9.17) is 9.85 Å². The Morgan fingerprint density at radius 2 is 1.74 bits per heavy atom. The lowest BCUT2D eigenvalue weighted by atomic mass is 10.3. The maximum Gasteiger partial charge on any atom is 0.217 e. The van der Waals surface area contributed by atoms with E-state index >= 15 is 0 Å². The van der Waals surface area contributed by atoms with E-state index in [-0.39, 0.29) is 5.91 Å². The highest BCUT2D eigenvalue weighted by Gasteiger charge is 2.34. The molecule has 0 aliphatic heterocycles. The summed E-state index contributed by atoms with van der Waals surface area (Å²) >= 11 is 0. The number of amides is 1. The minimum Gasteiger partial charge on any atom is -0.452 e. The quantitative estimate of drug-likeness (QED) is 0.786. The van der Waals surface area contributed by atoms with Crippen molar-refractivity contribution >= 4 is 27.7 Å². The molecule has 1 aromatic carbocycles. The first-order valence-corrected chi connectivity index (χ1v) is 12.8. The molecule has 19 heavy (non-hydrogen) atoms. The van der Waals surface area contributed by atoms with Gasteiger partial charge in [0.1, 0.15) is 0 Å². The Morgan fingerprint density at radius 1 is 1.16 bits per heavy atom. The molecule has 0 fully saturated rings. The lowest BCUT2D eigenvalue weighted by molar-refractivity contribution is -0.118. The molecule has 2 N–H and O–H groups in total. The second kappa shape index (κ2) is 6.50. The van der Waals surface area contributed by atoms with Crippen molar-refractivity contribution in [3.8, 4) is 0 Å². The third-order valence-electron chi connectivity index (χ3n) is 3.20. The molecule has 3 nitrogen and oxygen atoms in total. The Hall–Kier alpha value is -0.916. The van der Waals surface area contributed by atoms with Crippen molar-refractivity contribution in [1.82, 2.24) is 0 Å². The predicted molar refractivity (Wildman–Crippen MR) is 85.4 cm³/mol. The van der Waals surface area contributed by atoms with Crippen molar-refractivity contribution in [2.75, 3.05) is 0 Å². The Balaban J connectivity index is 2.63. The smallest absolute Gasteiger partial charge is 0.217 e. The fourth-order valence-corrected chi connectivity index (χ4v) is 10.8. The summed E-state index contributed by atoms with van der Waals surface area (Å²) < 4.78 is 6.52. The van der Waals surface area contributed by atoms with Crippen LogP contribution in [-0.2, 0) is 8.91 Å². The van der Waals surface area contributed by atoms with Gasteiger partial charge >= 0.3 is 0 Å². The van der Waals surface area contributed by atoms with Crippen molar-refractivity contribution in [1.29, 1.82) is 0 Å². The second-order valence-electron chi connectivity index (χ2n) is 6.06. The summed E-state index contributed by atoms with van der Waals surface area (Å²) in [6.07, 6.45) is 1.31. The highest BCUT2D eigenvalue weighted by molar-refractivity contribution is 6.92. The number of hydrogen-bond acceptors (Lipinski definition) is 2. The van der Waals surface area contributed by atoms with Crippen LogP contribution in [0.15, 0.2) is 30.3 Å². The molecule has 0 heterocycles. The van der Waals surface area contributed by atoms with Crippen molar-refractivity contribution in [3.63, 3.8) is 0 Å². The van der Waals surface area contributed by atoms with E-state index in [0.717, 1.165) is 12.5 Å². The van der Waals surface area contributed by atoms with Crippen LogP contribution in [0.25, 0.3) is 0 Å². The van der Waals surface area contributed by atoms with Gasteiger partial charge in [0.15, 0.2) is 8.32 Å². The van der Waals surface area contributed by atoms with Gasteiger partial charge in [-0.25, -0.2) is 0 Å². The average molecular weight is 296 g/mol. The third kappa shape index (κ3) is 5.71. The number of hydrogen-bond donors (Lipinski definition) is 1. The standard InChI is InChI=1S/C14H25NO2Si2/c1-18(2,12-8-11-14(15)16)17-19(3,4)13-9-6-5-7-10-13/h5-7,9-10H,8,11-12H2,1-4H3,(H2,15,16). The summed E-state index contributed by atoms with van der Waals surface area (Å²) in [5.74, 6) is -0.218. The summed E-state index contributed by atoms with van der Waals surface area (Å²) in [6, 6.07) is 11.5. The number of benzene rings is 1. The van der Waals surface area contributed by atoms with Gasteiger partial charge in [-0.05, 0) is 43.8 Å². The molecule has 0 bridgehead atoms. The van der Waals surface area contributed by atoms with Crippen molar-refractivity contribution in [3.05, 3.63) is 30.3 Å². The van der Waals surface area contributed by atoms with E-state index in [1.165, 1.54) is 5.19 Å². The van der Waals surface area contributed by atoms with Crippen LogP contribution in [0.5, 0.6) is 0 Å². The van der Waals surface area contributed by atoms with E-state index in [1.54, 1.807) is 0 Å². The number of primary amides is 1. The SMILES string of the molecule is C[Si](C)(CCCC(N)=O)O[Si](C)(C)c1ccccc1. The fraction of sp³-hybridized carbons (Fsp3) is 0.500. The normalized spacial score (nSPS) is 12.4. The monoisotopic (exact) mass is 295 g/mol. The second-order valence-corrected chi connectivity index (χ2v) is 14.5. The topological polar surface area (TPSA) is 52.3 Å². The molecule has 0 saturated carbocycles. The molecule has 0 aliphatic carbocycles. The fourth-order valence-electron chi connectivity index (χ4n) is 2.33. The molecule has 5 heteroatoms. The van der Waals surface area contributed by atoms with Crippen molar-refractivity contribution in [2.45, 2.75) is 45.1 Å². The Kier molecular flexibility index (Phi) is 5.52. The molecule has 0 saturated heterocycles.